The second-order valence-corrected chi connectivity index (χ2v) is 5.56. The Kier molecular flexibility index (Phi) is 7.16. The molecule has 0 fully saturated rings. The van der Waals surface area contributed by atoms with E-state index in [1.807, 2.05) is 6.92 Å². The van der Waals surface area contributed by atoms with Crippen LogP contribution in [-0.4, -0.2) is 24.8 Å². The maximum atomic E-state index is 14.5. The molecule has 0 spiro atoms. The predicted molar refractivity (Wildman–Crippen MR) is 95.5 cm³/mol. The monoisotopic (exact) mass is 378 g/mol. The maximum Gasteiger partial charge on any atom is 0.339 e. The molecule has 0 heterocycles. The van der Waals surface area contributed by atoms with Crippen LogP contribution in [0.2, 0.25) is 0 Å². The van der Waals surface area contributed by atoms with E-state index < -0.39 is 23.4 Å². The van der Waals surface area contributed by atoms with Crippen molar-refractivity contribution in [2.45, 2.75) is 20.0 Å². The lowest BCUT2D eigenvalue weighted by Gasteiger charge is -2.14. The molecule has 2 aromatic rings. The van der Waals surface area contributed by atoms with Crippen molar-refractivity contribution in [2.24, 2.45) is 0 Å². The fourth-order valence-electron chi connectivity index (χ4n) is 2.37. The number of ether oxygens (including phenoxy) is 3. The molecule has 0 bridgehead atoms. The van der Waals surface area contributed by atoms with Crippen LogP contribution in [-0.2, 0) is 16.1 Å². The Morgan fingerprint density at radius 1 is 1.15 bits per heavy atom. The van der Waals surface area contributed by atoms with Crippen molar-refractivity contribution in [3.05, 3.63) is 65.4 Å². The number of methoxy groups -OCH3 is 1. The van der Waals surface area contributed by atoms with Crippen LogP contribution in [0.15, 0.2) is 42.7 Å². The first kappa shape index (κ1) is 20.2. The van der Waals surface area contributed by atoms with E-state index >= 15 is 0 Å². The smallest absolute Gasteiger partial charge is 0.339 e. The minimum atomic E-state index is -1.17. The van der Waals surface area contributed by atoms with E-state index in [1.54, 1.807) is 24.3 Å². The van der Waals surface area contributed by atoms with Crippen molar-refractivity contribution in [1.29, 1.82) is 0 Å². The molecule has 0 aliphatic rings. The highest BCUT2D eigenvalue weighted by atomic mass is 19.1. The Hall–Kier alpha value is -3.09. The van der Waals surface area contributed by atoms with Crippen LogP contribution in [0.4, 0.5) is 8.78 Å². The van der Waals surface area contributed by atoms with E-state index in [0.29, 0.717) is 17.5 Å². The molecule has 0 saturated carbocycles. The van der Waals surface area contributed by atoms with Gasteiger partial charge in [0.25, 0.3) is 0 Å². The Balaban J connectivity index is 2.28. The third kappa shape index (κ3) is 4.97. The Morgan fingerprint density at radius 2 is 1.89 bits per heavy atom. The second-order valence-electron chi connectivity index (χ2n) is 5.56. The van der Waals surface area contributed by atoms with Crippen molar-refractivity contribution >= 4 is 11.5 Å². The van der Waals surface area contributed by atoms with E-state index in [0.717, 1.165) is 18.4 Å². The van der Waals surface area contributed by atoms with Crippen molar-refractivity contribution in [1.82, 2.24) is 0 Å². The number of halogens is 2. The summed E-state index contributed by atoms with van der Waals surface area (Å²) in [5.74, 6) is -3.61. The summed E-state index contributed by atoms with van der Waals surface area (Å²) in [6.07, 6.45) is 1.71. The highest BCUT2D eigenvalue weighted by molar-refractivity contribution is 6.15. The predicted octanol–water partition coefficient (Wildman–Crippen LogP) is 4.40. The molecule has 2 rings (SSSR count). The first-order valence-electron chi connectivity index (χ1n) is 8.27. The fourth-order valence-corrected chi connectivity index (χ4v) is 2.37. The average Bonchev–Trinajstić information content (AvgIpc) is 2.65. The average molecular weight is 378 g/mol. The van der Waals surface area contributed by atoms with E-state index in [2.05, 4.69) is 0 Å². The number of hydrogen-bond donors (Lipinski definition) is 1. The van der Waals surface area contributed by atoms with Crippen LogP contribution in [0.3, 0.4) is 0 Å². The maximum absolute atomic E-state index is 14.5. The van der Waals surface area contributed by atoms with E-state index in [-0.39, 0.29) is 24.5 Å². The third-order valence-electron chi connectivity index (χ3n) is 3.62. The SMILES string of the molecule is CCCOc1c(F)ccc(OCc2ccccc2C(=COC)C(=O)O)c1F. The second kappa shape index (κ2) is 9.56. The van der Waals surface area contributed by atoms with Gasteiger partial charge in [-0.1, -0.05) is 31.2 Å². The molecule has 2 aromatic carbocycles. The van der Waals surface area contributed by atoms with Gasteiger partial charge in [-0.2, -0.15) is 4.39 Å². The Labute approximate surface area is 155 Å². The number of carbonyl (C=O) groups is 1. The van der Waals surface area contributed by atoms with E-state index in [9.17, 15) is 18.7 Å². The van der Waals surface area contributed by atoms with Crippen molar-refractivity contribution in [3.63, 3.8) is 0 Å². The molecule has 0 aliphatic carbocycles. The lowest BCUT2D eigenvalue weighted by atomic mass is 10.0. The van der Waals surface area contributed by atoms with Gasteiger partial charge in [-0.25, -0.2) is 9.18 Å². The van der Waals surface area contributed by atoms with Gasteiger partial charge in [0.05, 0.1) is 20.0 Å². The molecule has 0 unspecified atom stereocenters. The minimum Gasteiger partial charge on any atom is -0.503 e. The summed E-state index contributed by atoms with van der Waals surface area (Å²) < 4.78 is 43.6. The van der Waals surface area contributed by atoms with E-state index in [4.69, 9.17) is 14.2 Å². The van der Waals surface area contributed by atoms with Crippen LogP contribution in [0.5, 0.6) is 11.5 Å². The summed E-state index contributed by atoms with van der Waals surface area (Å²) in [5, 5.41) is 9.35. The zero-order valence-electron chi connectivity index (χ0n) is 15.0. The van der Waals surface area contributed by atoms with Gasteiger partial charge in [-0.15, -0.1) is 0 Å². The van der Waals surface area contributed by atoms with Crippen molar-refractivity contribution in [3.8, 4) is 11.5 Å². The van der Waals surface area contributed by atoms with Gasteiger partial charge in [0.15, 0.2) is 17.3 Å². The van der Waals surface area contributed by atoms with Gasteiger partial charge in [0.1, 0.15) is 12.2 Å². The van der Waals surface area contributed by atoms with Crippen LogP contribution >= 0.6 is 0 Å². The lowest BCUT2D eigenvalue weighted by molar-refractivity contribution is -0.130. The minimum absolute atomic E-state index is 0.0664. The van der Waals surface area contributed by atoms with Crippen molar-refractivity contribution in [2.75, 3.05) is 13.7 Å². The molecule has 0 saturated heterocycles. The number of carboxylic acids is 1. The highest BCUT2D eigenvalue weighted by Gasteiger charge is 2.18. The van der Waals surface area contributed by atoms with E-state index in [1.165, 1.54) is 7.11 Å². The third-order valence-corrected chi connectivity index (χ3v) is 3.62. The first-order chi connectivity index (χ1) is 13.0. The topological polar surface area (TPSA) is 65.0 Å². The highest BCUT2D eigenvalue weighted by Crippen LogP contribution is 2.31. The Bertz CT molecular complexity index is 833. The summed E-state index contributed by atoms with van der Waals surface area (Å²) >= 11 is 0. The van der Waals surface area contributed by atoms with Crippen LogP contribution in [0.1, 0.15) is 24.5 Å². The van der Waals surface area contributed by atoms with Gasteiger partial charge in [-0.3, -0.25) is 0 Å². The summed E-state index contributed by atoms with van der Waals surface area (Å²) in [6, 6.07) is 8.83. The number of hydrogen-bond acceptors (Lipinski definition) is 4. The molecule has 0 amide bonds. The molecule has 27 heavy (non-hydrogen) atoms. The molecule has 0 radical (unpaired) electrons. The standard InChI is InChI=1S/C20H20F2O5/c1-3-10-26-19-16(21)8-9-17(18(19)22)27-11-13-6-4-5-7-14(13)15(12-25-2)20(23)24/h4-9,12H,3,10-11H2,1-2H3,(H,23,24). The van der Waals surface area contributed by atoms with Gasteiger partial charge in [-0.05, 0) is 29.7 Å². The summed E-state index contributed by atoms with van der Waals surface area (Å²) in [5.41, 5.74) is 0.808. The normalized spacial score (nSPS) is 11.2. The number of benzene rings is 2. The molecular formula is C20H20F2O5. The largest absolute Gasteiger partial charge is 0.503 e. The molecule has 1 N–H and O–H groups in total. The van der Waals surface area contributed by atoms with Crippen LogP contribution < -0.4 is 9.47 Å². The lowest BCUT2D eigenvalue weighted by Crippen LogP contribution is -2.07. The molecule has 5 nitrogen and oxygen atoms in total. The van der Waals surface area contributed by atoms with Gasteiger partial charge < -0.3 is 19.3 Å². The van der Waals surface area contributed by atoms with Crippen LogP contribution in [0.25, 0.3) is 5.57 Å². The quantitative estimate of drug-likeness (QED) is 0.517. The summed E-state index contributed by atoms with van der Waals surface area (Å²) in [6.45, 7) is 1.87. The molecule has 0 atom stereocenters. The van der Waals surface area contributed by atoms with Gasteiger partial charge >= 0.3 is 5.97 Å². The van der Waals surface area contributed by atoms with Crippen LogP contribution in [0, 0.1) is 11.6 Å². The summed E-state index contributed by atoms with van der Waals surface area (Å²) in [7, 11) is 1.34. The first-order valence-corrected chi connectivity index (χ1v) is 8.27. The van der Waals surface area contributed by atoms with Crippen molar-refractivity contribution < 1.29 is 32.9 Å². The molecule has 7 heteroatoms. The number of carboxylic acid groups (broad SMARTS) is 1. The van der Waals surface area contributed by atoms with Gasteiger partial charge in [0, 0.05) is 0 Å². The molecule has 0 aromatic heterocycles. The zero-order chi connectivity index (χ0) is 19.8. The molecule has 144 valence electrons. The van der Waals surface area contributed by atoms with Gasteiger partial charge in [0.2, 0.25) is 5.82 Å². The summed E-state index contributed by atoms with van der Waals surface area (Å²) in [4.78, 5) is 11.4. The molecular weight excluding hydrogens is 358 g/mol. The Morgan fingerprint density at radius 3 is 2.56 bits per heavy atom. The fraction of sp³-hybridized carbons (Fsp3) is 0.250. The molecule has 0 aliphatic heterocycles. The zero-order valence-corrected chi connectivity index (χ0v) is 15.0. The number of aliphatic carboxylic acids is 1. The number of rotatable bonds is 9.